The quantitative estimate of drug-likeness (QED) is 0.715. The zero-order chi connectivity index (χ0) is 13.0. The number of nitriles is 1. The number of hydrogen-bond acceptors (Lipinski definition) is 5. The maximum absolute atomic E-state index is 12.3. The van der Waals surface area contributed by atoms with Crippen LogP contribution in [0.4, 0.5) is 0 Å². The van der Waals surface area contributed by atoms with Gasteiger partial charge in [0.15, 0.2) is 0 Å². The smallest absolute Gasteiger partial charge is 0.244 e. The third-order valence-electron chi connectivity index (χ3n) is 2.90. The van der Waals surface area contributed by atoms with Crippen LogP contribution in [0.2, 0.25) is 0 Å². The van der Waals surface area contributed by atoms with Gasteiger partial charge in [-0.2, -0.15) is 9.57 Å². The van der Waals surface area contributed by atoms with Crippen LogP contribution in [0, 0.1) is 11.3 Å². The number of piperazine rings is 1. The molecule has 1 aromatic rings. The minimum Gasteiger partial charge on any atom is -0.288 e. The zero-order valence-electron chi connectivity index (χ0n) is 9.86. The molecule has 0 atom stereocenters. The fourth-order valence-corrected chi connectivity index (χ4v) is 3.26. The molecule has 18 heavy (non-hydrogen) atoms. The van der Waals surface area contributed by atoms with E-state index in [2.05, 4.69) is 11.1 Å². The lowest BCUT2D eigenvalue weighted by atomic mass is 10.4. The molecule has 0 aliphatic carbocycles. The molecule has 0 unspecified atom stereocenters. The Bertz CT molecular complexity index is 530. The van der Waals surface area contributed by atoms with E-state index in [-0.39, 0.29) is 4.90 Å². The summed E-state index contributed by atoms with van der Waals surface area (Å²) in [5, 5.41) is 8.59. The van der Waals surface area contributed by atoms with E-state index < -0.39 is 10.0 Å². The van der Waals surface area contributed by atoms with E-state index in [1.807, 2.05) is 4.90 Å². The molecule has 7 heteroatoms. The summed E-state index contributed by atoms with van der Waals surface area (Å²) in [6.07, 6.45) is 2.90. The maximum Gasteiger partial charge on any atom is 0.244 e. The largest absolute Gasteiger partial charge is 0.288 e. The van der Waals surface area contributed by atoms with Crippen LogP contribution in [0.15, 0.2) is 29.4 Å². The first-order valence-electron chi connectivity index (χ1n) is 5.64. The van der Waals surface area contributed by atoms with Crippen molar-refractivity contribution in [3.05, 3.63) is 24.5 Å². The minimum absolute atomic E-state index is 0.221. The molecule has 0 radical (unpaired) electrons. The van der Waals surface area contributed by atoms with Gasteiger partial charge in [0.1, 0.15) is 4.90 Å². The molecule has 0 spiro atoms. The fraction of sp³-hybridized carbons (Fsp3) is 0.455. The standard InChI is InChI=1S/C11H14N4O2S/c12-3-5-14-6-8-15(9-7-14)18(16,17)11-2-1-4-13-10-11/h1-2,4,10H,5-9H2. The second-order valence-corrected chi connectivity index (χ2v) is 5.97. The van der Waals surface area contributed by atoms with E-state index in [0.717, 1.165) is 0 Å². The monoisotopic (exact) mass is 266 g/mol. The van der Waals surface area contributed by atoms with Gasteiger partial charge in [0.05, 0.1) is 12.6 Å². The van der Waals surface area contributed by atoms with E-state index in [9.17, 15) is 8.42 Å². The molecule has 1 aliphatic heterocycles. The van der Waals surface area contributed by atoms with Gasteiger partial charge in [-0.05, 0) is 12.1 Å². The number of pyridine rings is 1. The normalized spacial score (nSPS) is 18.4. The molecule has 1 aromatic heterocycles. The van der Waals surface area contributed by atoms with Crippen molar-refractivity contribution in [1.82, 2.24) is 14.2 Å². The van der Waals surface area contributed by atoms with E-state index >= 15 is 0 Å². The van der Waals surface area contributed by atoms with Crippen LogP contribution in [0.25, 0.3) is 0 Å². The molecule has 1 fully saturated rings. The van der Waals surface area contributed by atoms with Crippen molar-refractivity contribution < 1.29 is 8.42 Å². The average molecular weight is 266 g/mol. The number of rotatable bonds is 3. The van der Waals surface area contributed by atoms with Crippen LogP contribution in [-0.4, -0.2) is 55.3 Å². The lowest BCUT2D eigenvalue weighted by Gasteiger charge is -2.32. The Morgan fingerprint density at radius 2 is 2.06 bits per heavy atom. The van der Waals surface area contributed by atoms with Gasteiger partial charge in [-0.3, -0.25) is 9.88 Å². The second kappa shape index (κ2) is 5.44. The first-order chi connectivity index (χ1) is 8.64. The van der Waals surface area contributed by atoms with Gasteiger partial charge in [0.25, 0.3) is 0 Å². The molecule has 0 aromatic carbocycles. The highest BCUT2D eigenvalue weighted by atomic mass is 32.2. The first kappa shape index (κ1) is 13.0. The maximum atomic E-state index is 12.3. The molecule has 1 aliphatic rings. The second-order valence-electron chi connectivity index (χ2n) is 4.03. The van der Waals surface area contributed by atoms with Crippen LogP contribution in [0.1, 0.15) is 0 Å². The van der Waals surface area contributed by atoms with Crippen molar-refractivity contribution >= 4 is 10.0 Å². The highest BCUT2D eigenvalue weighted by Crippen LogP contribution is 2.16. The molecule has 0 bridgehead atoms. The van der Waals surface area contributed by atoms with Gasteiger partial charge >= 0.3 is 0 Å². The number of nitrogens with zero attached hydrogens (tertiary/aromatic N) is 4. The van der Waals surface area contributed by atoms with Crippen LogP contribution < -0.4 is 0 Å². The first-order valence-corrected chi connectivity index (χ1v) is 7.08. The van der Waals surface area contributed by atoms with Crippen LogP contribution in [0.5, 0.6) is 0 Å². The zero-order valence-corrected chi connectivity index (χ0v) is 10.7. The number of sulfonamides is 1. The topological polar surface area (TPSA) is 77.3 Å². The van der Waals surface area contributed by atoms with E-state index in [1.165, 1.54) is 10.5 Å². The van der Waals surface area contributed by atoms with Crippen LogP contribution in [0.3, 0.4) is 0 Å². The minimum atomic E-state index is -3.44. The molecule has 2 heterocycles. The summed E-state index contributed by atoms with van der Waals surface area (Å²) in [6.45, 7) is 2.36. The SMILES string of the molecule is N#CCN1CCN(S(=O)(=O)c2cccnc2)CC1. The number of hydrogen-bond donors (Lipinski definition) is 0. The molecule has 1 saturated heterocycles. The highest BCUT2D eigenvalue weighted by Gasteiger charge is 2.28. The van der Waals surface area contributed by atoms with Gasteiger partial charge in [0, 0.05) is 38.6 Å². The number of aromatic nitrogens is 1. The van der Waals surface area contributed by atoms with Crippen molar-refractivity contribution in [2.75, 3.05) is 32.7 Å². The molecule has 6 nitrogen and oxygen atoms in total. The van der Waals surface area contributed by atoms with Crippen LogP contribution >= 0.6 is 0 Å². The Balaban J connectivity index is 2.08. The molecule has 2 rings (SSSR count). The Kier molecular flexibility index (Phi) is 3.91. The highest BCUT2D eigenvalue weighted by molar-refractivity contribution is 7.89. The third kappa shape index (κ3) is 2.67. The summed E-state index contributed by atoms with van der Waals surface area (Å²) in [5.74, 6) is 0. The Labute approximate surface area is 107 Å². The van der Waals surface area contributed by atoms with Gasteiger partial charge in [-0.15, -0.1) is 0 Å². The Hall–Kier alpha value is -1.49. The van der Waals surface area contributed by atoms with Crippen molar-refractivity contribution in [1.29, 1.82) is 5.26 Å². The van der Waals surface area contributed by atoms with Crippen molar-refractivity contribution in [3.63, 3.8) is 0 Å². The van der Waals surface area contributed by atoms with Crippen molar-refractivity contribution in [2.45, 2.75) is 4.90 Å². The van der Waals surface area contributed by atoms with Crippen LogP contribution in [-0.2, 0) is 10.0 Å². The van der Waals surface area contributed by atoms with E-state index in [0.29, 0.717) is 32.7 Å². The predicted molar refractivity (Wildman–Crippen MR) is 65.0 cm³/mol. The van der Waals surface area contributed by atoms with Crippen molar-refractivity contribution in [2.24, 2.45) is 0 Å². The molecule has 0 saturated carbocycles. The van der Waals surface area contributed by atoms with Gasteiger partial charge in [-0.1, -0.05) is 0 Å². The van der Waals surface area contributed by atoms with Gasteiger partial charge in [-0.25, -0.2) is 8.42 Å². The molecular weight excluding hydrogens is 252 g/mol. The summed E-state index contributed by atoms with van der Waals surface area (Å²) in [7, 11) is -3.44. The summed E-state index contributed by atoms with van der Waals surface area (Å²) < 4.78 is 26.0. The molecule has 96 valence electrons. The van der Waals surface area contributed by atoms with E-state index in [1.54, 1.807) is 18.3 Å². The lowest BCUT2D eigenvalue weighted by molar-refractivity contribution is 0.206. The Morgan fingerprint density at radius 3 is 2.61 bits per heavy atom. The summed E-state index contributed by atoms with van der Waals surface area (Å²) in [4.78, 5) is 5.99. The summed E-state index contributed by atoms with van der Waals surface area (Å²) in [5.41, 5.74) is 0. The molecule has 0 N–H and O–H groups in total. The summed E-state index contributed by atoms with van der Waals surface area (Å²) >= 11 is 0. The predicted octanol–water partition coefficient (Wildman–Crippen LogP) is -0.0885. The summed E-state index contributed by atoms with van der Waals surface area (Å²) in [6, 6.07) is 5.23. The van der Waals surface area contributed by atoms with E-state index in [4.69, 9.17) is 5.26 Å². The molecular formula is C11H14N4O2S. The molecule has 0 amide bonds. The van der Waals surface area contributed by atoms with Crippen molar-refractivity contribution in [3.8, 4) is 6.07 Å². The Morgan fingerprint density at radius 1 is 1.33 bits per heavy atom. The van der Waals surface area contributed by atoms with Gasteiger partial charge < -0.3 is 0 Å². The third-order valence-corrected chi connectivity index (χ3v) is 4.78. The van der Waals surface area contributed by atoms with Gasteiger partial charge in [0.2, 0.25) is 10.0 Å². The lowest BCUT2D eigenvalue weighted by Crippen LogP contribution is -2.48. The average Bonchev–Trinajstić information content (AvgIpc) is 2.41. The fourth-order valence-electron chi connectivity index (χ4n) is 1.88.